The van der Waals surface area contributed by atoms with Crippen molar-refractivity contribution in [2.24, 2.45) is 0 Å². The van der Waals surface area contributed by atoms with Crippen LogP contribution in [0.5, 0.6) is 5.75 Å². The molecule has 2 heterocycles. The lowest BCUT2D eigenvalue weighted by Crippen LogP contribution is -2.24. The van der Waals surface area contributed by atoms with Gasteiger partial charge in [0.2, 0.25) is 0 Å². The Bertz CT molecular complexity index is 824. The van der Waals surface area contributed by atoms with Gasteiger partial charge in [-0.05, 0) is 18.2 Å². The smallest absolute Gasteiger partial charge is 0.349 e. The Labute approximate surface area is 127 Å². The van der Waals surface area contributed by atoms with E-state index < -0.39 is 11.9 Å². The van der Waals surface area contributed by atoms with E-state index in [4.69, 9.17) is 9.47 Å². The van der Waals surface area contributed by atoms with Gasteiger partial charge >= 0.3 is 11.9 Å². The molecular formula is C16H14N2O4. The number of esters is 2. The molecule has 0 spiro atoms. The molecule has 1 aliphatic heterocycles. The van der Waals surface area contributed by atoms with Crippen molar-refractivity contribution in [2.45, 2.75) is 0 Å². The van der Waals surface area contributed by atoms with Gasteiger partial charge in [-0.3, -0.25) is 0 Å². The van der Waals surface area contributed by atoms with Gasteiger partial charge in [0, 0.05) is 31.7 Å². The Morgan fingerprint density at radius 3 is 2.64 bits per heavy atom. The molecule has 0 atom stereocenters. The predicted molar refractivity (Wildman–Crippen MR) is 80.4 cm³/mol. The van der Waals surface area contributed by atoms with Crippen LogP contribution in [0.15, 0.2) is 30.5 Å². The molecule has 22 heavy (non-hydrogen) atoms. The number of carbonyl (C=O) groups excluding carboxylic acids is 2. The first-order valence-electron chi connectivity index (χ1n) is 6.63. The van der Waals surface area contributed by atoms with Gasteiger partial charge in [-0.25, -0.2) is 14.6 Å². The summed E-state index contributed by atoms with van der Waals surface area (Å²) in [6, 6.07) is 7.02. The van der Waals surface area contributed by atoms with Crippen LogP contribution >= 0.6 is 0 Å². The number of methoxy groups -OCH3 is 1. The van der Waals surface area contributed by atoms with Crippen molar-refractivity contribution in [3.05, 3.63) is 41.7 Å². The maximum absolute atomic E-state index is 12.0. The van der Waals surface area contributed by atoms with Gasteiger partial charge in [-0.15, -0.1) is 0 Å². The number of carbonyl (C=O) groups is 2. The van der Waals surface area contributed by atoms with E-state index in [1.165, 1.54) is 0 Å². The number of aromatic nitrogens is 1. The molecule has 6 heteroatoms. The summed E-state index contributed by atoms with van der Waals surface area (Å²) >= 11 is 0. The van der Waals surface area contributed by atoms with Gasteiger partial charge in [0.05, 0.1) is 23.9 Å². The number of rotatable bonds is 2. The second-order valence-corrected chi connectivity index (χ2v) is 5.13. The minimum absolute atomic E-state index is 0.254. The average Bonchev–Trinajstić information content (AvgIpc) is 2.49. The maximum Gasteiger partial charge on any atom is 0.349 e. The van der Waals surface area contributed by atoms with Gasteiger partial charge in [0.25, 0.3) is 0 Å². The van der Waals surface area contributed by atoms with Crippen LogP contribution in [0.1, 0.15) is 16.1 Å². The molecule has 0 N–H and O–H groups in total. The Morgan fingerprint density at radius 2 is 1.95 bits per heavy atom. The summed E-state index contributed by atoms with van der Waals surface area (Å²) in [6.45, 7) is 0. The Morgan fingerprint density at radius 1 is 1.18 bits per heavy atom. The van der Waals surface area contributed by atoms with Crippen LogP contribution in [0, 0.1) is 0 Å². The normalized spacial score (nSPS) is 15.7. The highest BCUT2D eigenvalue weighted by molar-refractivity contribution is 6.25. The zero-order valence-electron chi connectivity index (χ0n) is 12.4. The third-order valence-corrected chi connectivity index (χ3v) is 3.29. The molecule has 2 aromatic rings. The average molecular weight is 298 g/mol. The molecule has 0 aliphatic carbocycles. The molecule has 3 rings (SSSR count). The maximum atomic E-state index is 12.0. The molecule has 0 amide bonds. The van der Waals surface area contributed by atoms with Crippen molar-refractivity contribution in [3.63, 3.8) is 0 Å². The van der Waals surface area contributed by atoms with Gasteiger partial charge in [-0.1, -0.05) is 0 Å². The minimum Gasteiger partial charge on any atom is -0.497 e. The summed E-state index contributed by atoms with van der Waals surface area (Å²) in [4.78, 5) is 30.1. The molecular weight excluding hydrogens is 284 g/mol. The molecule has 0 fully saturated rings. The lowest BCUT2D eigenvalue weighted by Gasteiger charge is -2.18. The van der Waals surface area contributed by atoms with Crippen molar-refractivity contribution in [1.82, 2.24) is 9.88 Å². The number of ether oxygens (including phenoxy) is 2. The molecule has 1 aromatic carbocycles. The lowest BCUT2D eigenvalue weighted by atomic mass is 10.0. The number of pyridine rings is 1. The summed E-state index contributed by atoms with van der Waals surface area (Å²) < 4.78 is 9.96. The molecule has 112 valence electrons. The summed E-state index contributed by atoms with van der Waals surface area (Å²) in [6.07, 6.45) is 1.59. The van der Waals surface area contributed by atoms with E-state index in [9.17, 15) is 9.59 Å². The highest BCUT2D eigenvalue weighted by Gasteiger charge is 2.31. The summed E-state index contributed by atoms with van der Waals surface area (Å²) in [5, 5.41) is 0.773. The third kappa shape index (κ3) is 2.28. The van der Waals surface area contributed by atoms with Gasteiger partial charge in [0.15, 0.2) is 0 Å². The third-order valence-electron chi connectivity index (χ3n) is 3.29. The number of hydrogen-bond acceptors (Lipinski definition) is 6. The standard InChI is InChI=1S/C16H14N2O4/c1-18(2)8-12-14-11(15(19)22-16(12)20)6-9-4-5-10(21-3)7-13(9)17-14/h4-8H,1-3H3. The molecule has 0 saturated heterocycles. The largest absolute Gasteiger partial charge is 0.497 e. The fourth-order valence-corrected chi connectivity index (χ4v) is 2.30. The lowest BCUT2D eigenvalue weighted by molar-refractivity contribution is -0.131. The molecule has 1 aromatic heterocycles. The summed E-state index contributed by atoms with van der Waals surface area (Å²) in [5.41, 5.74) is 1.51. The topological polar surface area (TPSA) is 68.7 Å². The second kappa shape index (κ2) is 5.14. The van der Waals surface area contributed by atoms with E-state index in [0.29, 0.717) is 17.0 Å². The van der Waals surface area contributed by atoms with E-state index in [1.807, 2.05) is 0 Å². The SMILES string of the molecule is COc1ccc2cc3c(nc2c1)C(=CN(C)C)C(=O)OC3=O. The molecule has 0 bridgehead atoms. The van der Waals surface area contributed by atoms with Crippen molar-refractivity contribution < 1.29 is 19.1 Å². The highest BCUT2D eigenvalue weighted by Crippen LogP contribution is 2.29. The van der Waals surface area contributed by atoms with Crippen LogP contribution in [-0.2, 0) is 9.53 Å². The first-order valence-corrected chi connectivity index (χ1v) is 6.63. The first kappa shape index (κ1) is 14.1. The summed E-state index contributed by atoms with van der Waals surface area (Å²) in [7, 11) is 5.12. The van der Waals surface area contributed by atoms with E-state index >= 15 is 0 Å². The number of hydrogen-bond donors (Lipinski definition) is 0. The van der Waals surface area contributed by atoms with E-state index in [1.54, 1.807) is 56.6 Å². The zero-order chi connectivity index (χ0) is 15.9. The van der Waals surface area contributed by atoms with E-state index in [2.05, 4.69) is 4.98 Å². The van der Waals surface area contributed by atoms with Gasteiger partial charge < -0.3 is 14.4 Å². The Balaban J connectivity index is 2.28. The van der Waals surface area contributed by atoms with E-state index in [-0.39, 0.29) is 11.1 Å². The van der Waals surface area contributed by atoms with Gasteiger partial charge in [0.1, 0.15) is 11.3 Å². The van der Waals surface area contributed by atoms with E-state index in [0.717, 1.165) is 5.39 Å². The van der Waals surface area contributed by atoms with Crippen LogP contribution < -0.4 is 4.74 Å². The Kier molecular flexibility index (Phi) is 3.29. The van der Waals surface area contributed by atoms with Crippen LogP contribution in [0.25, 0.3) is 16.5 Å². The number of benzene rings is 1. The fraction of sp³-hybridized carbons (Fsp3) is 0.188. The highest BCUT2D eigenvalue weighted by atomic mass is 16.6. The van der Waals surface area contributed by atoms with Crippen molar-refractivity contribution in [2.75, 3.05) is 21.2 Å². The van der Waals surface area contributed by atoms with Crippen molar-refractivity contribution in [3.8, 4) is 5.75 Å². The quantitative estimate of drug-likeness (QED) is 0.479. The molecule has 0 radical (unpaired) electrons. The first-order chi connectivity index (χ1) is 10.5. The van der Waals surface area contributed by atoms with Crippen LogP contribution in [0.4, 0.5) is 0 Å². The number of cyclic esters (lactones) is 2. The minimum atomic E-state index is -0.694. The molecule has 1 aliphatic rings. The number of nitrogens with zero attached hydrogens (tertiary/aromatic N) is 2. The Hall–Kier alpha value is -2.89. The van der Waals surface area contributed by atoms with Crippen molar-refractivity contribution >= 4 is 28.4 Å². The fourth-order valence-electron chi connectivity index (χ4n) is 2.30. The van der Waals surface area contributed by atoms with Crippen LogP contribution in [0.2, 0.25) is 0 Å². The second-order valence-electron chi connectivity index (χ2n) is 5.13. The number of fused-ring (bicyclic) bond motifs is 2. The van der Waals surface area contributed by atoms with Crippen LogP contribution in [0.3, 0.4) is 0 Å². The molecule has 0 saturated carbocycles. The molecule has 0 unspecified atom stereocenters. The van der Waals surface area contributed by atoms with Gasteiger partial charge in [-0.2, -0.15) is 0 Å². The zero-order valence-corrected chi connectivity index (χ0v) is 12.4. The van der Waals surface area contributed by atoms with Crippen LogP contribution in [-0.4, -0.2) is 43.0 Å². The summed E-state index contributed by atoms with van der Waals surface area (Å²) in [5.74, 6) is -0.718. The monoisotopic (exact) mass is 298 g/mol. The molecule has 6 nitrogen and oxygen atoms in total. The van der Waals surface area contributed by atoms with Crippen molar-refractivity contribution in [1.29, 1.82) is 0 Å². The predicted octanol–water partition coefficient (Wildman–Crippen LogP) is 1.84.